The van der Waals surface area contributed by atoms with E-state index in [1.54, 1.807) is 0 Å². The molecule has 2 atom stereocenters. The van der Waals surface area contributed by atoms with Crippen LogP contribution < -0.4 is 10.6 Å². The van der Waals surface area contributed by atoms with Crippen molar-refractivity contribution in [2.45, 2.75) is 10.8 Å². The molecule has 1 amide bonds. The van der Waals surface area contributed by atoms with E-state index in [-0.39, 0.29) is 5.91 Å². The molecule has 5 heteroatoms. The van der Waals surface area contributed by atoms with Gasteiger partial charge in [0.05, 0.1) is 12.2 Å². The van der Waals surface area contributed by atoms with Gasteiger partial charge in [-0.15, -0.1) is 11.8 Å². The highest BCUT2D eigenvalue weighted by Gasteiger charge is 2.34. The second kappa shape index (κ2) is 7.82. The van der Waals surface area contributed by atoms with Gasteiger partial charge in [-0.2, -0.15) is 0 Å². The second-order valence-electron chi connectivity index (χ2n) is 7.07. The van der Waals surface area contributed by atoms with Gasteiger partial charge in [0, 0.05) is 36.2 Å². The maximum Gasteiger partial charge on any atom is 0.241 e. The van der Waals surface area contributed by atoms with E-state index in [1.807, 2.05) is 34.9 Å². The zero-order chi connectivity index (χ0) is 17.9. The van der Waals surface area contributed by atoms with Crippen LogP contribution in [0.2, 0.25) is 0 Å². The van der Waals surface area contributed by atoms with Crippen molar-refractivity contribution in [3.63, 3.8) is 0 Å². The molecule has 0 unspecified atom stereocenters. The number of fused-ring (bicyclic) bond motifs is 1. The first-order valence-corrected chi connectivity index (χ1v) is 10.2. The van der Waals surface area contributed by atoms with Crippen LogP contribution in [0.15, 0.2) is 59.5 Å². The van der Waals surface area contributed by atoms with Gasteiger partial charge in [0.25, 0.3) is 0 Å². The van der Waals surface area contributed by atoms with Gasteiger partial charge in [-0.1, -0.05) is 42.5 Å². The van der Waals surface area contributed by atoms with E-state index in [0.29, 0.717) is 24.9 Å². The van der Waals surface area contributed by atoms with Crippen LogP contribution in [0, 0.1) is 5.92 Å². The molecule has 0 radical (unpaired) electrons. The van der Waals surface area contributed by atoms with E-state index >= 15 is 0 Å². The number of thioether (sulfide) groups is 1. The zero-order valence-electron chi connectivity index (χ0n) is 14.9. The molecule has 1 fully saturated rings. The van der Waals surface area contributed by atoms with Crippen LogP contribution in [0.5, 0.6) is 0 Å². The number of hydrogen-bond acceptors (Lipinski definition) is 4. The first-order valence-electron chi connectivity index (χ1n) is 9.26. The molecule has 2 aliphatic rings. The van der Waals surface area contributed by atoms with Crippen molar-refractivity contribution in [2.75, 3.05) is 43.4 Å². The molecule has 0 saturated carbocycles. The Bertz CT molecular complexity index is 767. The molecule has 2 aromatic rings. The topological polar surface area (TPSA) is 49.6 Å². The average molecular weight is 368 g/mol. The summed E-state index contributed by atoms with van der Waals surface area (Å²) in [5.74, 6) is 1.98. The zero-order valence-corrected chi connectivity index (χ0v) is 15.7. The summed E-state index contributed by atoms with van der Waals surface area (Å²) in [4.78, 5) is 18.4. The Morgan fingerprint density at radius 3 is 2.65 bits per heavy atom. The first kappa shape index (κ1) is 17.6. The van der Waals surface area contributed by atoms with Gasteiger partial charge in [-0.05, 0) is 30.2 Å². The van der Waals surface area contributed by atoms with Crippen molar-refractivity contribution in [3.8, 4) is 0 Å². The molecule has 2 aromatic carbocycles. The lowest BCUT2D eigenvalue weighted by Gasteiger charge is -2.30. The molecule has 1 saturated heterocycles. The van der Waals surface area contributed by atoms with Crippen molar-refractivity contribution in [1.82, 2.24) is 4.90 Å². The second-order valence-corrected chi connectivity index (χ2v) is 8.21. The minimum atomic E-state index is 0.197. The third-order valence-electron chi connectivity index (χ3n) is 5.44. The SMILES string of the molecule is NC[C@@H]1CN(CC(=O)N2CCSc3ccccc32)C[C@H]1c1ccccc1. The highest BCUT2D eigenvalue weighted by atomic mass is 32.2. The Kier molecular flexibility index (Phi) is 5.29. The third kappa shape index (κ3) is 3.52. The molecule has 0 bridgehead atoms. The van der Waals surface area contributed by atoms with E-state index in [4.69, 9.17) is 5.73 Å². The number of nitrogens with two attached hydrogens (primary N) is 1. The largest absolute Gasteiger partial charge is 0.330 e. The van der Waals surface area contributed by atoms with Gasteiger partial charge in [0.1, 0.15) is 0 Å². The fourth-order valence-electron chi connectivity index (χ4n) is 4.11. The van der Waals surface area contributed by atoms with Crippen LogP contribution in [-0.2, 0) is 4.79 Å². The van der Waals surface area contributed by atoms with Gasteiger partial charge in [-0.3, -0.25) is 9.69 Å². The number of amides is 1. The Morgan fingerprint density at radius 2 is 1.85 bits per heavy atom. The number of hydrogen-bond donors (Lipinski definition) is 1. The predicted molar refractivity (Wildman–Crippen MR) is 108 cm³/mol. The van der Waals surface area contributed by atoms with Gasteiger partial charge >= 0.3 is 0 Å². The van der Waals surface area contributed by atoms with Crippen molar-refractivity contribution >= 4 is 23.4 Å². The summed E-state index contributed by atoms with van der Waals surface area (Å²) in [6.45, 7) is 3.72. The number of likely N-dealkylation sites (tertiary alicyclic amines) is 1. The summed E-state index contributed by atoms with van der Waals surface area (Å²) in [6.07, 6.45) is 0. The van der Waals surface area contributed by atoms with Crippen molar-refractivity contribution in [2.24, 2.45) is 11.7 Å². The van der Waals surface area contributed by atoms with Crippen molar-refractivity contribution in [1.29, 1.82) is 0 Å². The summed E-state index contributed by atoms with van der Waals surface area (Å²) in [6, 6.07) is 18.8. The lowest BCUT2D eigenvalue weighted by atomic mass is 9.89. The minimum absolute atomic E-state index is 0.197. The fourth-order valence-corrected chi connectivity index (χ4v) is 5.11. The number of rotatable bonds is 4. The maximum absolute atomic E-state index is 13.0. The van der Waals surface area contributed by atoms with Crippen LogP contribution in [0.1, 0.15) is 11.5 Å². The number of benzene rings is 2. The summed E-state index contributed by atoms with van der Waals surface area (Å²) in [7, 11) is 0. The molecule has 0 aromatic heterocycles. The highest BCUT2D eigenvalue weighted by Crippen LogP contribution is 2.35. The molecule has 4 nitrogen and oxygen atoms in total. The molecule has 0 aliphatic carbocycles. The Balaban J connectivity index is 1.46. The van der Waals surface area contributed by atoms with Crippen LogP contribution in [-0.4, -0.2) is 49.3 Å². The third-order valence-corrected chi connectivity index (χ3v) is 6.48. The molecule has 26 heavy (non-hydrogen) atoms. The molecule has 2 N–H and O–H groups in total. The Labute approximate surface area is 159 Å². The van der Waals surface area contributed by atoms with E-state index in [2.05, 4.69) is 41.3 Å². The number of para-hydroxylation sites is 1. The summed E-state index contributed by atoms with van der Waals surface area (Å²) >= 11 is 1.83. The molecule has 4 rings (SSSR count). The standard InChI is InChI=1S/C21H25N3OS/c22-12-17-13-23(14-18(17)16-6-2-1-3-7-16)15-21(25)24-10-11-26-20-9-5-4-8-19(20)24/h1-9,17-18H,10-15,22H2/t17-,18+/m1/s1. The Hall–Kier alpha value is -1.82. The number of nitrogens with zero attached hydrogens (tertiary/aromatic N) is 2. The summed E-state index contributed by atoms with van der Waals surface area (Å²) in [5.41, 5.74) is 8.43. The average Bonchev–Trinajstić information content (AvgIpc) is 3.11. The molecule has 136 valence electrons. The van der Waals surface area contributed by atoms with E-state index in [1.165, 1.54) is 10.5 Å². The Morgan fingerprint density at radius 1 is 1.08 bits per heavy atom. The molecular formula is C21H25N3OS. The first-order chi connectivity index (χ1) is 12.8. The van der Waals surface area contributed by atoms with Crippen LogP contribution in [0.3, 0.4) is 0 Å². The smallest absolute Gasteiger partial charge is 0.241 e. The van der Waals surface area contributed by atoms with E-state index in [0.717, 1.165) is 31.1 Å². The van der Waals surface area contributed by atoms with Crippen molar-refractivity contribution in [3.05, 3.63) is 60.2 Å². The number of anilines is 1. The number of carbonyl (C=O) groups excluding carboxylic acids is 1. The monoisotopic (exact) mass is 367 g/mol. The lowest BCUT2D eigenvalue weighted by Crippen LogP contribution is -2.42. The van der Waals surface area contributed by atoms with Crippen LogP contribution in [0.4, 0.5) is 5.69 Å². The maximum atomic E-state index is 13.0. The quantitative estimate of drug-likeness (QED) is 0.903. The van der Waals surface area contributed by atoms with E-state index in [9.17, 15) is 4.79 Å². The predicted octanol–water partition coefficient (Wildman–Crippen LogP) is 2.80. The minimum Gasteiger partial charge on any atom is -0.330 e. The van der Waals surface area contributed by atoms with Crippen LogP contribution >= 0.6 is 11.8 Å². The van der Waals surface area contributed by atoms with Gasteiger partial charge < -0.3 is 10.6 Å². The molecule has 2 aliphatic heterocycles. The normalized spacial score (nSPS) is 23.0. The van der Waals surface area contributed by atoms with Gasteiger partial charge in [-0.25, -0.2) is 0 Å². The van der Waals surface area contributed by atoms with Gasteiger partial charge in [0.15, 0.2) is 0 Å². The summed E-state index contributed by atoms with van der Waals surface area (Å²) in [5, 5.41) is 0. The number of carbonyl (C=O) groups is 1. The molecule has 0 spiro atoms. The van der Waals surface area contributed by atoms with Crippen molar-refractivity contribution < 1.29 is 4.79 Å². The van der Waals surface area contributed by atoms with E-state index < -0.39 is 0 Å². The van der Waals surface area contributed by atoms with Crippen LogP contribution in [0.25, 0.3) is 0 Å². The fraction of sp³-hybridized carbons (Fsp3) is 0.381. The molecule has 2 heterocycles. The summed E-state index contributed by atoms with van der Waals surface area (Å²) < 4.78 is 0. The molecular weight excluding hydrogens is 342 g/mol. The lowest BCUT2D eigenvalue weighted by molar-refractivity contribution is -0.119. The highest BCUT2D eigenvalue weighted by molar-refractivity contribution is 7.99. The van der Waals surface area contributed by atoms with Gasteiger partial charge in [0.2, 0.25) is 5.91 Å².